The fraction of sp³-hybridized carbons (Fsp3) is 0.133. The molecule has 20 heavy (non-hydrogen) atoms. The van der Waals surface area contributed by atoms with Gasteiger partial charge in [-0.2, -0.15) is 0 Å². The summed E-state index contributed by atoms with van der Waals surface area (Å²) in [6.45, 7) is 1.40. The second-order valence-corrected chi connectivity index (χ2v) is 4.77. The number of hydrogen-bond donors (Lipinski definition) is 1. The molecule has 0 heterocycles. The minimum absolute atomic E-state index is 0.0173. The van der Waals surface area contributed by atoms with Crippen LogP contribution in [0.3, 0.4) is 0 Å². The predicted octanol–water partition coefficient (Wildman–Crippen LogP) is 3.84. The van der Waals surface area contributed by atoms with Gasteiger partial charge in [-0.25, -0.2) is 4.39 Å². The molecule has 5 heteroatoms. The van der Waals surface area contributed by atoms with Crippen molar-refractivity contribution in [2.24, 2.45) is 0 Å². The van der Waals surface area contributed by atoms with E-state index >= 15 is 0 Å². The highest BCUT2D eigenvalue weighted by molar-refractivity contribution is 6.30. The number of halogens is 2. The average molecular weight is 294 g/mol. The first-order chi connectivity index (χ1) is 9.47. The summed E-state index contributed by atoms with van der Waals surface area (Å²) in [6.07, 6.45) is 0. The molecule has 3 nitrogen and oxygen atoms in total. The molecule has 2 rings (SSSR count). The van der Waals surface area contributed by atoms with Gasteiger partial charge in [-0.15, -0.1) is 0 Å². The number of carbonyl (C=O) groups is 1. The van der Waals surface area contributed by atoms with E-state index in [0.29, 0.717) is 27.6 Å². The number of Topliss-reactive ketones (excluding diaryl/α,β-unsaturated/α-hetero) is 1. The quantitative estimate of drug-likeness (QED) is 0.688. The molecule has 0 fully saturated rings. The first-order valence-electron chi connectivity index (χ1n) is 5.94. The van der Waals surface area contributed by atoms with Crippen molar-refractivity contribution in [3.63, 3.8) is 0 Å². The molecule has 2 aromatic rings. The maximum Gasteiger partial charge on any atom is 0.163 e. The van der Waals surface area contributed by atoms with Gasteiger partial charge in [-0.1, -0.05) is 11.6 Å². The highest BCUT2D eigenvalue weighted by atomic mass is 35.5. The second-order valence-electron chi connectivity index (χ2n) is 4.34. The van der Waals surface area contributed by atoms with Crippen LogP contribution in [0.25, 0.3) is 0 Å². The molecule has 0 radical (unpaired) electrons. The van der Waals surface area contributed by atoms with Gasteiger partial charge in [0, 0.05) is 16.3 Å². The number of rotatable bonds is 4. The van der Waals surface area contributed by atoms with E-state index in [1.54, 1.807) is 12.1 Å². The molecule has 0 aliphatic carbocycles. The third kappa shape index (κ3) is 3.27. The van der Waals surface area contributed by atoms with Crippen LogP contribution in [0.2, 0.25) is 5.02 Å². The van der Waals surface area contributed by atoms with E-state index in [4.69, 9.17) is 22.1 Å². The van der Waals surface area contributed by atoms with Crippen LogP contribution in [0.4, 0.5) is 10.1 Å². The van der Waals surface area contributed by atoms with E-state index < -0.39 is 5.82 Å². The minimum Gasteiger partial charge on any atom is -0.488 e. The molecule has 0 saturated heterocycles. The molecule has 2 aromatic carbocycles. The zero-order valence-electron chi connectivity index (χ0n) is 10.8. The molecule has 0 amide bonds. The number of ketones is 1. The number of benzene rings is 2. The van der Waals surface area contributed by atoms with Crippen LogP contribution in [-0.4, -0.2) is 5.78 Å². The number of hydrogen-bond acceptors (Lipinski definition) is 3. The third-order valence-electron chi connectivity index (χ3n) is 2.77. The van der Waals surface area contributed by atoms with Crippen LogP contribution in [0.5, 0.6) is 5.75 Å². The average Bonchev–Trinajstić information content (AvgIpc) is 2.40. The van der Waals surface area contributed by atoms with Crippen molar-refractivity contribution in [2.75, 3.05) is 5.73 Å². The summed E-state index contributed by atoms with van der Waals surface area (Å²) in [7, 11) is 0. The maximum atomic E-state index is 13.6. The van der Waals surface area contributed by atoms with Gasteiger partial charge < -0.3 is 10.5 Å². The Kier molecular flexibility index (Phi) is 4.25. The molecule has 0 unspecified atom stereocenters. The van der Waals surface area contributed by atoms with Crippen molar-refractivity contribution in [3.8, 4) is 5.75 Å². The van der Waals surface area contributed by atoms with Crippen LogP contribution in [0.15, 0.2) is 36.4 Å². The number of anilines is 1. The number of nitrogens with two attached hydrogens (primary N) is 1. The van der Waals surface area contributed by atoms with E-state index in [9.17, 15) is 9.18 Å². The molecule has 0 aliphatic rings. The summed E-state index contributed by atoms with van der Waals surface area (Å²) >= 11 is 5.81. The summed E-state index contributed by atoms with van der Waals surface area (Å²) in [6, 6.07) is 8.97. The minimum atomic E-state index is -0.408. The molecule has 104 valence electrons. The lowest BCUT2D eigenvalue weighted by molar-refractivity contribution is 0.101. The van der Waals surface area contributed by atoms with Gasteiger partial charge in [0.05, 0.1) is 5.56 Å². The molecule has 0 spiro atoms. The first-order valence-corrected chi connectivity index (χ1v) is 6.32. The lowest BCUT2D eigenvalue weighted by Crippen LogP contribution is -2.04. The zero-order valence-corrected chi connectivity index (χ0v) is 11.6. The Bertz CT molecular complexity index is 658. The summed E-state index contributed by atoms with van der Waals surface area (Å²) in [5.41, 5.74) is 6.79. The van der Waals surface area contributed by atoms with Crippen molar-refractivity contribution in [3.05, 3.63) is 58.4 Å². The van der Waals surface area contributed by atoms with Crippen LogP contribution in [0.1, 0.15) is 22.8 Å². The highest BCUT2D eigenvalue weighted by Gasteiger charge is 2.10. The first kappa shape index (κ1) is 14.3. The molecule has 2 N–H and O–H groups in total. The topological polar surface area (TPSA) is 52.3 Å². The zero-order chi connectivity index (χ0) is 14.7. The fourth-order valence-electron chi connectivity index (χ4n) is 1.76. The van der Waals surface area contributed by atoms with Gasteiger partial charge in [0.25, 0.3) is 0 Å². The molecule has 0 saturated carbocycles. The van der Waals surface area contributed by atoms with E-state index in [2.05, 4.69) is 0 Å². The maximum absolute atomic E-state index is 13.6. The Balaban J connectivity index is 2.23. The van der Waals surface area contributed by atoms with E-state index in [1.165, 1.54) is 31.2 Å². The summed E-state index contributed by atoms with van der Waals surface area (Å²) in [5.74, 6) is -0.209. The fourth-order valence-corrected chi connectivity index (χ4v) is 1.95. The monoisotopic (exact) mass is 293 g/mol. The Morgan fingerprint density at radius 3 is 2.75 bits per heavy atom. The number of nitrogen functional groups attached to an aromatic ring is 1. The Hall–Kier alpha value is -2.07. The number of carbonyl (C=O) groups excluding carboxylic acids is 1. The van der Waals surface area contributed by atoms with Crippen LogP contribution in [-0.2, 0) is 6.61 Å². The van der Waals surface area contributed by atoms with Crippen molar-refractivity contribution >= 4 is 23.1 Å². The second kappa shape index (κ2) is 5.92. The van der Waals surface area contributed by atoms with Crippen LogP contribution >= 0.6 is 11.6 Å². The predicted molar refractivity (Wildman–Crippen MR) is 76.6 cm³/mol. The van der Waals surface area contributed by atoms with Crippen molar-refractivity contribution in [1.29, 1.82) is 0 Å². The normalized spacial score (nSPS) is 10.3. The van der Waals surface area contributed by atoms with Crippen molar-refractivity contribution in [2.45, 2.75) is 13.5 Å². The van der Waals surface area contributed by atoms with E-state index in [1.807, 2.05) is 0 Å². The molecule has 0 bridgehead atoms. The van der Waals surface area contributed by atoms with Gasteiger partial charge in [0.2, 0.25) is 0 Å². The third-order valence-corrected chi connectivity index (χ3v) is 3.01. The summed E-state index contributed by atoms with van der Waals surface area (Å²) < 4.78 is 19.1. The Labute approximate surface area is 121 Å². The lowest BCUT2D eigenvalue weighted by Gasteiger charge is -2.11. The molecule has 0 aliphatic heterocycles. The molecule has 0 aromatic heterocycles. The SMILES string of the molecule is CC(=O)c1cc(N)ccc1OCc1cc(Cl)ccc1F. The van der Waals surface area contributed by atoms with Crippen LogP contribution in [0, 0.1) is 5.82 Å². The largest absolute Gasteiger partial charge is 0.488 e. The van der Waals surface area contributed by atoms with Gasteiger partial charge in [-0.05, 0) is 43.3 Å². The smallest absolute Gasteiger partial charge is 0.163 e. The van der Waals surface area contributed by atoms with E-state index in [0.717, 1.165) is 0 Å². The van der Waals surface area contributed by atoms with Crippen LogP contribution < -0.4 is 10.5 Å². The lowest BCUT2D eigenvalue weighted by atomic mass is 10.1. The highest BCUT2D eigenvalue weighted by Crippen LogP contribution is 2.24. The van der Waals surface area contributed by atoms with Gasteiger partial charge in [-0.3, -0.25) is 4.79 Å². The molecule has 0 atom stereocenters. The van der Waals surface area contributed by atoms with Gasteiger partial charge in [0.1, 0.15) is 18.2 Å². The Morgan fingerprint density at radius 1 is 1.30 bits per heavy atom. The summed E-state index contributed by atoms with van der Waals surface area (Å²) in [5, 5.41) is 0.425. The van der Waals surface area contributed by atoms with Crippen molar-refractivity contribution in [1.82, 2.24) is 0 Å². The summed E-state index contributed by atoms with van der Waals surface area (Å²) in [4.78, 5) is 11.5. The van der Waals surface area contributed by atoms with Crippen molar-refractivity contribution < 1.29 is 13.9 Å². The Morgan fingerprint density at radius 2 is 2.05 bits per heavy atom. The molecular formula is C15H13ClFNO2. The van der Waals surface area contributed by atoms with Gasteiger partial charge in [0.15, 0.2) is 5.78 Å². The number of ether oxygens (including phenoxy) is 1. The molecular weight excluding hydrogens is 281 g/mol. The van der Waals surface area contributed by atoms with Gasteiger partial charge >= 0.3 is 0 Å². The standard InChI is InChI=1S/C15H13ClFNO2/c1-9(19)13-7-12(18)3-5-15(13)20-8-10-6-11(16)2-4-14(10)17/h2-7H,8,18H2,1H3. The van der Waals surface area contributed by atoms with E-state index in [-0.39, 0.29) is 12.4 Å².